The van der Waals surface area contributed by atoms with Gasteiger partial charge < -0.3 is 25.4 Å². The molecule has 0 saturated carbocycles. The molecule has 0 radical (unpaired) electrons. The third kappa shape index (κ3) is 6.67. The average Bonchev–Trinajstić information content (AvgIpc) is 2.83. The van der Waals surface area contributed by atoms with Gasteiger partial charge in [-0.15, -0.1) is 0 Å². The molecule has 0 unspecified atom stereocenters. The number of methoxy groups -OCH3 is 1. The molecular formula is C25H23N3O6. The van der Waals surface area contributed by atoms with Crippen LogP contribution >= 0.6 is 0 Å². The molecule has 0 fully saturated rings. The monoisotopic (exact) mass is 461 g/mol. The summed E-state index contributed by atoms with van der Waals surface area (Å²) in [6, 6.07) is 19.5. The van der Waals surface area contributed by atoms with Crippen LogP contribution in [0.15, 0.2) is 72.8 Å². The van der Waals surface area contributed by atoms with Crippen LogP contribution in [-0.4, -0.2) is 37.4 Å². The van der Waals surface area contributed by atoms with E-state index in [0.717, 1.165) is 0 Å². The molecule has 0 spiro atoms. The van der Waals surface area contributed by atoms with Gasteiger partial charge >= 0.3 is 5.97 Å². The topological polar surface area (TPSA) is 123 Å². The highest BCUT2D eigenvalue weighted by molar-refractivity contribution is 6.05. The van der Waals surface area contributed by atoms with Crippen LogP contribution < -0.4 is 20.7 Å². The maximum Gasteiger partial charge on any atom is 0.338 e. The normalized spacial score (nSPS) is 10.1. The number of nitrogens with one attached hydrogen (secondary N) is 3. The number of hydrogen-bond donors (Lipinski definition) is 3. The molecule has 3 aromatic rings. The Morgan fingerprint density at radius 1 is 0.765 bits per heavy atom. The lowest BCUT2D eigenvalue weighted by Crippen LogP contribution is -2.21. The van der Waals surface area contributed by atoms with Gasteiger partial charge in [-0.3, -0.25) is 14.4 Å². The van der Waals surface area contributed by atoms with Crippen LogP contribution in [0, 0.1) is 0 Å². The van der Waals surface area contributed by atoms with Crippen molar-refractivity contribution in [2.75, 3.05) is 29.7 Å². The second-order valence-corrected chi connectivity index (χ2v) is 7.12. The molecule has 0 aliphatic heterocycles. The summed E-state index contributed by atoms with van der Waals surface area (Å²) in [5.74, 6) is -1.31. The molecule has 34 heavy (non-hydrogen) atoms. The van der Waals surface area contributed by atoms with Crippen molar-refractivity contribution in [3.05, 3.63) is 83.9 Å². The Morgan fingerprint density at radius 3 is 2.21 bits per heavy atom. The molecule has 9 heteroatoms. The first-order valence-corrected chi connectivity index (χ1v) is 10.2. The Morgan fingerprint density at radius 2 is 1.50 bits per heavy atom. The minimum Gasteiger partial charge on any atom is -0.495 e. The van der Waals surface area contributed by atoms with Gasteiger partial charge in [-0.2, -0.15) is 0 Å². The lowest BCUT2D eigenvalue weighted by Gasteiger charge is -2.10. The van der Waals surface area contributed by atoms with Crippen LogP contribution in [0.4, 0.5) is 17.1 Å². The summed E-state index contributed by atoms with van der Waals surface area (Å²) in [5.41, 5.74) is 2.00. The summed E-state index contributed by atoms with van der Waals surface area (Å²) in [6.45, 7) is 0.855. The smallest absolute Gasteiger partial charge is 0.338 e. The number of para-hydroxylation sites is 2. The summed E-state index contributed by atoms with van der Waals surface area (Å²) in [7, 11) is 1.52. The molecule has 0 aliphatic rings. The van der Waals surface area contributed by atoms with E-state index in [0.29, 0.717) is 28.4 Å². The molecular weight excluding hydrogens is 438 g/mol. The van der Waals surface area contributed by atoms with E-state index in [9.17, 15) is 19.2 Å². The SMILES string of the molecule is COc1ccccc1NC(=O)c1ccc(NC(=O)COC(=O)c2cccc(NC(C)=O)c2)cc1. The van der Waals surface area contributed by atoms with Gasteiger partial charge in [-0.1, -0.05) is 18.2 Å². The highest BCUT2D eigenvalue weighted by Gasteiger charge is 2.13. The zero-order chi connectivity index (χ0) is 24.5. The van der Waals surface area contributed by atoms with Gasteiger partial charge in [0.2, 0.25) is 5.91 Å². The summed E-state index contributed by atoms with van der Waals surface area (Å²) in [6.07, 6.45) is 0. The number of hydrogen-bond acceptors (Lipinski definition) is 6. The Kier molecular flexibility index (Phi) is 7.96. The lowest BCUT2D eigenvalue weighted by atomic mass is 10.2. The summed E-state index contributed by atoms with van der Waals surface area (Å²) in [4.78, 5) is 48.0. The lowest BCUT2D eigenvalue weighted by molar-refractivity contribution is -0.119. The van der Waals surface area contributed by atoms with Gasteiger partial charge in [0.15, 0.2) is 6.61 Å². The zero-order valence-corrected chi connectivity index (χ0v) is 18.6. The molecule has 174 valence electrons. The van der Waals surface area contributed by atoms with Gasteiger partial charge in [0.05, 0.1) is 18.4 Å². The maximum absolute atomic E-state index is 12.5. The number of carbonyl (C=O) groups excluding carboxylic acids is 4. The van der Waals surface area contributed by atoms with Crippen molar-refractivity contribution in [2.24, 2.45) is 0 Å². The molecule has 3 aromatic carbocycles. The average molecular weight is 461 g/mol. The minimum absolute atomic E-state index is 0.199. The van der Waals surface area contributed by atoms with Crippen molar-refractivity contribution in [1.82, 2.24) is 0 Å². The predicted octanol–water partition coefficient (Wildman–Crippen LogP) is 3.70. The van der Waals surface area contributed by atoms with Gasteiger partial charge in [-0.25, -0.2) is 4.79 Å². The summed E-state index contributed by atoms with van der Waals surface area (Å²) >= 11 is 0. The number of ether oxygens (including phenoxy) is 2. The zero-order valence-electron chi connectivity index (χ0n) is 18.6. The van der Waals surface area contributed by atoms with Crippen LogP contribution in [0.2, 0.25) is 0 Å². The van der Waals surface area contributed by atoms with Gasteiger partial charge in [0, 0.05) is 23.9 Å². The van der Waals surface area contributed by atoms with E-state index < -0.39 is 18.5 Å². The summed E-state index contributed by atoms with van der Waals surface area (Å²) < 4.78 is 10.3. The molecule has 0 aliphatic carbocycles. The molecule has 0 aromatic heterocycles. The molecule has 3 amide bonds. The Hall–Kier alpha value is -4.66. The van der Waals surface area contributed by atoms with E-state index in [1.807, 2.05) is 0 Å². The Balaban J connectivity index is 1.52. The highest BCUT2D eigenvalue weighted by atomic mass is 16.5. The van der Waals surface area contributed by atoms with E-state index in [2.05, 4.69) is 16.0 Å². The second kappa shape index (κ2) is 11.3. The highest BCUT2D eigenvalue weighted by Crippen LogP contribution is 2.24. The van der Waals surface area contributed by atoms with Crippen molar-refractivity contribution in [3.8, 4) is 5.75 Å². The fraction of sp³-hybridized carbons (Fsp3) is 0.120. The fourth-order valence-electron chi connectivity index (χ4n) is 2.99. The number of rotatable bonds is 8. The first-order chi connectivity index (χ1) is 16.4. The number of benzene rings is 3. The van der Waals surface area contributed by atoms with Crippen molar-refractivity contribution in [1.29, 1.82) is 0 Å². The Bertz CT molecular complexity index is 1210. The number of esters is 1. The number of anilines is 3. The number of amides is 3. The van der Waals surface area contributed by atoms with Crippen LogP contribution in [0.3, 0.4) is 0 Å². The largest absolute Gasteiger partial charge is 0.495 e. The third-order valence-corrected chi connectivity index (χ3v) is 4.54. The third-order valence-electron chi connectivity index (χ3n) is 4.54. The van der Waals surface area contributed by atoms with Crippen LogP contribution in [0.5, 0.6) is 5.75 Å². The van der Waals surface area contributed by atoms with E-state index >= 15 is 0 Å². The standard InChI is InChI=1S/C25H23N3O6/c1-16(29)26-20-7-5-6-18(14-20)25(32)34-15-23(30)27-19-12-10-17(11-13-19)24(31)28-21-8-3-4-9-22(21)33-2/h3-14H,15H2,1-2H3,(H,26,29)(H,27,30)(H,28,31). The van der Waals surface area contributed by atoms with E-state index in [1.54, 1.807) is 60.7 Å². The van der Waals surface area contributed by atoms with Gasteiger partial charge in [0.1, 0.15) is 5.75 Å². The first kappa shape index (κ1) is 24.0. The minimum atomic E-state index is -0.703. The summed E-state index contributed by atoms with van der Waals surface area (Å²) in [5, 5.41) is 7.93. The maximum atomic E-state index is 12.5. The van der Waals surface area contributed by atoms with Crippen LogP contribution in [-0.2, 0) is 14.3 Å². The predicted molar refractivity (Wildman–Crippen MR) is 127 cm³/mol. The molecule has 9 nitrogen and oxygen atoms in total. The van der Waals surface area contributed by atoms with Crippen molar-refractivity contribution < 1.29 is 28.7 Å². The molecule has 0 saturated heterocycles. The van der Waals surface area contributed by atoms with E-state index in [-0.39, 0.29) is 17.4 Å². The van der Waals surface area contributed by atoms with E-state index in [4.69, 9.17) is 9.47 Å². The Labute approximate surface area is 196 Å². The second-order valence-electron chi connectivity index (χ2n) is 7.12. The van der Waals surface area contributed by atoms with Crippen molar-refractivity contribution in [2.45, 2.75) is 6.92 Å². The van der Waals surface area contributed by atoms with E-state index in [1.165, 1.54) is 26.2 Å². The first-order valence-electron chi connectivity index (χ1n) is 10.2. The van der Waals surface area contributed by atoms with Crippen LogP contribution in [0.1, 0.15) is 27.6 Å². The molecule has 3 N–H and O–H groups in total. The molecule has 0 heterocycles. The molecule has 0 bridgehead atoms. The van der Waals surface area contributed by atoms with Crippen molar-refractivity contribution >= 4 is 40.8 Å². The number of carbonyl (C=O) groups is 4. The molecule has 3 rings (SSSR count). The van der Waals surface area contributed by atoms with Gasteiger partial charge in [-0.05, 0) is 54.6 Å². The molecule has 0 atom stereocenters. The quantitative estimate of drug-likeness (QED) is 0.440. The van der Waals surface area contributed by atoms with Crippen molar-refractivity contribution in [3.63, 3.8) is 0 Å². The fourth-order valence-corrected chi connectivity index (χ4v) is 2.99. The van der Waals surface area contributed by atoms with Gasteiger partial charge in [0.25, 0.3) is 11.8 Å². The van der Waals surface area contributed by atoms with Crippen LogP contribution in [0.25, 0.3) is 0 Å².